The van der Waals surface area contributed by atoms with Crippen LogP contribution in [0.5, 0.6) is 0 Å². The standard InChI is InChI=1S/C23H31N3O2/c1-25(2)16-21-17-26(13-11-18-7-4-3-5-8-18)14-12-23(21,28)20-10-6-9-19(15-20)22(24)27/h3-10,15,21,28H,11-14,16-17H2,1-2H3,(H2,24,27)/t21-,23-/m0/s1. The number of primary amides is 1. The summed E-state index contributed by atoms with van der Waals surface area (Å²) in [7, 11) is 4.06. The van der Waals surface area contributed by atoms with E-state index in [-0.39, 0.29) is 5.92 Å². The van der Waals surface area contributed by atoms with Crippen LogP contribution in [0.15, 0.2) is 54.6 Å². The first-order chi connectivity index (χ1) is 13.4. The summed E-state index contributed by atoms with van der Waals surface area (Å²) in [5, 5.41) is 11.7. The lowest BCUT2D eigenvalue weighted by molar-refractivity contribution is -0.0843. The lowest BCUT2D eigenvalue weighted by Crippen LogP contribution is -2.53. The fraction of sp³-hybridized carbons (Fsp3) is 0.435. The number of benzene rings is 2. The second-order valence-corrected chi connectivity index (χ2v) is 8.11. The SMILES string of the molecule is CN(C)C[C@H]1CN(CCc2ccccc2)CC[C@]1(O)c1cccc(C(N)=O)c1. The number of carbonyl (C=O) groups excluding carboxylic acids is 1. The highest BCUT2D eigenvalue weighted by Crippen LogP contribution is 2.38. The molecule has 3 rings (SSSR count). The molecule has 1 saturated heterocycles. The molecule has 0 aromatic heterocycles. The molecule has 2 atom stereocenters. The van der Waals surface area contributed by atoms with E-state index in [4.69, 9.17) is 5.73 Å². The molecule has 0 saturated carbocycles. The Morgan fingerprint density at radius 1 is 1.21 bits per heavy atom. The molecule has 1 aliphatic heterocycles. The number of rotatable bonds is 7. The van der Waals surface area contributed by atoms with E-state index in [0.29, 0.717) is 12.0 Å². The average Bonchev–Trinajstić information content (AvgIpc) is 2.69. The van der Waals surface area contributed by atoms with Crippen LogP contribution in [0.4, 0.5) is 0 Å². The number of hydrogen-bond donors (Lipinski definition) is 2. The van der Waals surface area contributed by atoms with E-state index in [0.717, 1.165) is 38.2 Å². The minimum absolute atomic E-state index is 0.0511. The molecule has 2 aromatic carbocycles. The van der Waals surface area contributed by atoms with Gasteiger partial charge in [0.05, 0.1) is 5.60 Å². The van der Waals surface area contributed by atoms with Crippen molar-refractivity contribution in [2.24, 2.45) is 11.7 Å². The molecule has 1 aliphatic rings. The van der Waals surface area contributed by atoms with Crippen LogP contribution in [0, 0.1) is 5.92 Å². The van der Waals surface area contributed by atoms with Crippen molar-refractivity contribution in [1.29, 1.82) is 0 Å². The van der Waals surface area contributed by atoms with Gasteiger partial charge in [0.15, 0.2) is 0 Å². The zero-order valence-corrected chi connectivity index (χ0v) is 16.8. The Morgan fingerprint density at radius 3 is 2.64 bits per heavy atom. The first kappa shape index (κ1) is 20.5. The van der Waals surface area contributed by atoms with Gasteiger partial charge >= 0.3 is 0 Å². The molecule has 5 heteroatoms. The third-order valence-electron chi connectivity index (χ3n) is 5.76. The van der Waals surface area contributed by atoms with Gasteiger partial charge in [-0.2, -0.15) is 0 Å². The number of carbonyl (C=O) groups is 1. The monoisotopic (exact) mass is 381 g/mol. The molecule has 0 aliphatic carbocycles. The quantitative estimate of drug-likeness (QED) is 0.771. The van der Waals surface area contributed by atoms with Crippen molar-refractivity contribution in [2.75, 3.05) is 40.3 Å². The Balaban J connectivity index is 1.76. The smallest absolute Gasteiger partial charge is 0.248 e. The molecule has 0 radical (unpaired) electrons. The van der Waals surface area contributed by atoms with Crippen molar-refractivity contribution in [3.05, 3.63) is 71.3 Å². The van der Waals surface area contributed by atoms with E-state index in [9.17, 15) is 9.90 Å². The van der Waals surface area contributed by atoms with E-state index in [1.165, 1.54) is 5.56 Å². The normalized spacial score (nSPS) is 23.1. The minimum Gasteiger partial charge on any atom is -0.385 e. The van der Waals surface area contributed by atoms with Gasteiger partial charge in [-0.05, 0) is 50.2 Å². The summed E-state index contributed by atoms with van der Waals surface area (Å²) in [5.41, 5.74) is 7.06. The van der Waals surface area contributed by atoms with Gasteiger partial charge in [-0.3, -0.25) is 4.79 Å². The number of nitrogens with two attached hydrogens (primary N) is 1. The van der Waals surface area contributed by atoms with Gasteiger partial charge in [-0.15, -0.1) is 0 Å². The molecule has 2 aromatic rings. The second-order valence-electron chi connectivity index (χ2n) is 8.11. The number of aliphatic hydroxyl groups is 1. The van der Waals surface area contributed by atoms with E-state index in [2.05, 4.69) is 34.1 Å². The van der Waals surface area contributed by atoms with Gasteiger partial charge in [-0.1, -0.05) is 42.5 Å². The first-order valence-electron chi connectivity index (χ1n) is 9.92. The fourth-order valence-electron chi connectivity index (χ4n) is 4.19. The highest BCUT2D eigenvalue weighted by molar-refractivity contribution is 5.92. The zero-order valence-electron chi connectivity index (χ0n) is 16.8. The van der Waals surface area contributed by atoms with Gasteiger partial charge in [-0.25, -0.2) is 0 Å². The molecule has 0 spiro atoms. The zero-order chi connectivity index (χ0) is 20.1. The van der Waals surface area contributed by atoms with Crippen LogP contribution in [-0.4, -0.2) is 61.1 Å². The molecule has 0 bridgehead atoms. The maximum atomic E-state index is 11.7. The molecule has 0 unspecified atom stereocenters. The third kappa shape index (κ3) is 4.79. The number of hydrogen-bond acceptors (Lipinski definition) is 4. The lowest BCUT2D eigenvalue weighted by atomic mass is 9.75. The summed E-state index contributed by atoms with van der Waals surface area (Å²) >= 11 is 0. The topological polar surface area (TPSA) is 69.8 Å². The summed E-state index contributed by atoms with van der Waals surface area (Å²) in [5.74, 6) is -0.412. The van der Waals surface area contributed by atoms with Gasteiger partial charge in [0.1, 0.15) is 0 Å². The van der Waals surface area contributed by atoms with Crippen LogP contribution in [0.1, 0.15) is 27.9 Å². The van der Waals surface area contributed by atoms with Gasteiger partial charge < -0.3 is 20.6 Å². The summed E-state index contributed by atoms with van der Waals surface area (Å²) in [6.07, 6.45) is 1.65. The first-order valence-corrected chi connectivity index (χ1v) is 9.92. The molecule has 1 amide bonds. The van der Waals surface area contributed by atoms with E-state index in [1.807, 2.05) is 32.3 Å². The maximum absolute atomic E-state index is 11.7. The minimum atomic E-state index is -0.959. The summed E-state index contributed by atoms with van der Waals surface area (Å²) in [6, 6.07) is 17.7. The van der Waals surface area contributed by atoms with Crippen molar-refractivity contribution in [2.45, 2.75) is 18.4 Å². The van der Waals surface area contributed by atoms with Crippen molar-refractivity contribution in [3.8, 4) is 0 Å². The van der Waals surface area contributed by atoms with E-state index >= 15 is 0 Å². The molecule has 3 N–H and O–H groups in total. The number of likely N-dealkylation sites (tertiary alicyclic amines) is 1. The summed E-state index contributed by atoms with van der Waals surface area (Å²) < 4.78 is 0. The number of piperidine rings is 1. The van der Waals surface area contributed by atoms with Crippen LogP contribution < -0.4 is 5.73 Å². The van der Waals surface area contributed by atoms with Crippen LogP contribution in [0.3, 0.4) is 0 Å². The van der Waals surface area contributed by atoms with Crippen LogP contribution in [-0.2, 0) is 12.0 Å². The van der Waals surface area contributed by atoms with Gasteiger partial charge in [0.25, 0.3) is 0 Å². The Morgan fingerprint density at radius 2 is 1.96 bits per heavy atom. The maximum Gasteiger partial charge on any atom is 0.248 e. The Bertz CT molecular complexity index is 793. The Kier molecular flexibility index (Phi) is 6.50. The van der Waals surface area contributed by atoms with Crippen LogP contribution in [0.25, 0.3) is 0 Å². The Labute approximate surface area is 167 Å². The Hall–Kier alpha value is -2.21. The summed E-state index contributed by atoms with van der Waals surface area (Å²) in [4.78, 5) is 16.2. The highest BCUT2D eigenvalue weighted by atomic mass is 16.3. The van der Waals surface area contributed by atoms with Gasteiger partial charge in [0, 0.05) is 37.7 Å². The molecule has 28 heavy (non-hydrogen) atoms. The molecule has 150 valence electrons. The number of nitrogens with zero attached hydrogens (tertiary/aromatic N) is 2. The third-order valence-corrected chi connectivity index (χ3v) is 5.76. The molecule has 5 nitrogen and oxygen atoms in total. The van der Waals surface area contributed by atoms with Gasteiger partial charge in [0.2, 0.25) is 5.91 Å². The van der Waals surface area contributed by atoms with Crippen LogP contribution in [0.2, 0.25) is 0 Å². The summed E-state index contributed by atoms with van der Waals surface area (Å²) in [6.45, 7) is 3.40. The lowest BCUT2D eigenvalue weighted by Gasteiger charge is -2.46. The van der Waals surface area contributed by atoms with Crippen molar-refractivity contribution in [1.82, 2.24) is 9.80 Å². The van der Waals surface area contributed by atoms with Crippen molar-refractivity contribution >= 4 is 5.91 Å². The number of amides is 1. The van der Waals surface area contributed by atoms with Crippen molar-refractivity contribution < 1.29 is 9.90 Å². The fourth-order valence-corrected chi connectivity index (χ4v) is 4.19. The van der Waals surface area contributed by atoms with E-state index in [1.54, 1.807) is 12.1 Å². The predicted molar refractivity (Wildman–Crippen MR) is 112 cm³/mol. The molecule has 1 heterocycles. The molecular formula is C23H31N3O2. The average molecular weight is 382 g/mol. The van der Waals surface area contributed by atoms with Crippen LogP contribution >= 0.6 is 0 Å². The highest BCUT2D eigenvalue weighted by Gasteiger charge is 2.43. The molecular weight excluding hydrogens is 350 g/mol. The van der Waals surface area contributed by atoms with Crippen molar-refractivity contribution in [3.63, 3.8) is 0 Å². The predicted octanol–water partition coefficient (Wildman–Crippen LogP) is 2.10. The van der Waals surface area contributed by atoms with E-state index < -0.39 is 11.5 Å². The second kappa shape index (κ2) is 8.86. The molecule has 1 fully saturated rings. The largest absolute Gasteiger partial charge is 0.385 e.